The molecule has 0 saturated carbocycles. The number of carbonyl (C=O) groups is 2. The van der Waals surface area contributed by atoms with Crippen LogP contribution < -0.4 is 15.8 Å². The first-order valence-corrected chi connectivity index (χ1v) is 15.9. The molecule has 238 valence electrons. The molecule has 3 aromatic rings. The van der Waals surface area contributed by atoms with Gasteiger partial charge in [-0.25, -0.2) is 27.0 Å². The number of carbonyl (C=O) groups excluding carboxylic acids is 2. The second kappa shape index (κ2) is 15.1. The number of amides is 3. The fraction of sp³-hybridized carbons (Fsp3) is 0.387. The van der Waals surface area contributed by atoms with E-state index in [1.165, 1.54) is 12.1 Å². The van der Waals surface area contributed by atoms with Gasteiger partial charge < -0.3 is 20.7 Å². The Kier molecular flexibility index (Phi) is 11.8. The summed E-state index contributed by atoms with van der Waals surface area (Å²) in [5.74, 6) is -2.27. The fourth-order valence-electron chi connectivity index (χ4n) is 4.89. The molecule has 1 saturated heterocycles. The predicted molar refractivity (Wildman–Crippen MR) is 164 cm³/mol. The third kappa shape index (κ3) is 8.96. The van der Waals surface area contributed by atoms with Crippen LogP contribution in [0.25, 0.3) is 0 Å². The molecule has 1 aromatic heterocycles. The Balaban J connectivity index is 0.00000529. The number of hydrogen-bond donors (Lipinski definition) is 2. The maximum Gasteiger partial charge on any atom is 0.322 e. The lowest BCUT2D eigenvalue weighted by Crippen LogP contribution is -2.49. The van der Waals surface area contributed by atoms with Crippen molar-refractivity contribution in [3.8, 4) is 11.6 Å². The number of likely N-dealkylation sites (tertiary alicyclic amines) is 1. The Morgan fingerprint density at radius 3 is 2.34 bits per heavy atom. The summed E-state index contributed by atoms with van der Waals surface area (Å²) in [6, 6.07) is 10.7. The fourth-order valence-corrected chi connectivity index (χ4v) is 5.52. The number of nitrogens with one attached hydrogen (secondary N) is 1. The minimum absolute atomic E-state index is 0. The van der Waals surface area contributed by atoms with E-state index in [1.54, 1.807) is 29.3 Å². The number of rotatable bonds is 11. The van der Waals surface area contributed by atoms with Crippen LogP contribution in [0.3, 0.4) is 0 Å². The highest BCUT2D eigenvalue weighted by Crippen LogP contribution is 2.25. The summed E-state index contributed by atoms with van der Waals surface area (Å²) >= 11 is 0. The number of hydrogen-bond acceptors (Lipinski definition) is 7. The molecule has 3 N–H and O–H groups in total. The number of anilines is 1. The van der Waals surface area contributed by atoms with Gasteiger partial charge in [-0.2, -0.15) is 0 Å². The molecule has 0 atom stereocenters. The van der Waals surface area contributed by atoms with Gasteiger partial charge in [-0.1, -0.05) is 26.8 Å². The highest BCUT2D eigenvalue weighted by molar-refractivity contribution is 7.90. The van der Waals surface area contributed by atoms with Crippen LogP contribution in [-0.4, -0.2) is 67.1 Å². The lowest BCUT2D eigenvalue weighted by molar-refractivity contribution is 0.0996. The van der Waals surface area contributed by atoms with Gasteiger partial charge in [0.15, 0.2) is 9.84 Å². The highest BCUT2D eigenvalue weighted by atomic mass is 32.2. The zero-order chi connectivity index (χ0) is 31.1. The Labute approximate surface area is 257 Å². The number of halogens is 2. The Morgan fingerprint density at radius 1 is 1.09 bits per heavy atom. The zero-order valence-electron chi connectivity index (χ0n) is 24.1. The maximum atomic E-state index is 14.4. The van der Waals surface area contributed by atoms with Gasteiger partial charge in [-0.15, -0.1) is 0 Å². The molecule has 2 heterocycles. The molecular formula is C31H39F2N5O5S. The van der Waals surface area contributed by atoms with Gasteiger partial charge in [-0.05, 0) is 55.2 Å². The van der Waals surface area contributed by atoms with E-state index in [4.69, 9.17) is 10.5 Å². The average Bonchev–Trinajstić information content (AvgIpc) is 2.96. The molecule has 44 heavy (non-hydrogen) atoms. The lowest BCUT2D eigenvalue weighted by Gasteiger charge is -2.38. The van der Waals surface area contributed by atoms with E-state index in [1.807, 2.05) is 13.0 Å². The number of nitrogens with two attached hydrogens (primary N) is 1. The summed E-state index contributed by atoms with van der Waals surface area (Å²) in [5, 5.41) is 2.50. The van der Waals surface area contributed by atoms with Crippen LogP contribution in [-0.2, 0) is 16.4 Å². The summed E-state index contributed by atoms with van der Waals surface area (Å²) in [6.45, 7) is 4.59. The van der Waals surface area contributed by atoms with Crippen molar-refractivity contribution in [2.45, 2.75) is 57.5 Å². The number of unbranched alkanes of at least 4 members (excludes halogenated alkanes) is 1. The molecule has 0 aliphatic carbocycles. The molecule has 1 aliphatic rings. The first-order chi connectivity index (χ1) is 20.4. The van der Waals surface area contributed by atoms with Gasteiger partial charge in [0.2, 0.25) is 5.88 Å². The van der Waals surface area contributed by atoms with Crippen LogP contribution >= 0.6 is 0 Å². The average molecular weight is 632 g/mol. The number of benzene rings is 2. The van der Waals surface area contributed by atoms with Crippen LogP contribution in [0.4, 0.5) is 19.3 Å². The second-order valence-corrected chi connectivity index (χ2v) is 12.5. The van der Waals surface area contributed by atoms with E-state index in [0.29, 0.717) is 43.6 Å². The van der Waals surface area contributed by atoms with E-state index in [-0.39, 0.29) is 24.1 Å². The van der Waals surface area contributed by atoms with Crippen LogP contribution in [0.5, 0.6) is 11.6 Å². The topological polar surface area (TPSA) is 135 Å². The van der Waals surface area contributed by atoms with Crippen molar-refractivity contribution in [1.82, 2.24) is 14.8 Å². The number of pyridine rings is 1. The Bertz CT molecular complexity index is 1540. The molecule has 1 fully saturated rings. The minimum Gasteiger partial charge on any atom is -0.439 e. The molecule has 1 aliphatic heterocycles. The van der Waals surface area contributed by atoms with Gasteiger partial charge in [0.25, 0.3) is 5.91 Å². The van der Waals surface area contributed by atoms with Crippen LogP contribution in [0, 0.1) is 11.6 Å². The number of ether oxygens (including phenoxy) is 1. The highest BCUT2D eigenvalue weighted by Gasteiger charge is 2.28. The summed E-state index contributed by atoms with van der Waals surface area (Å²) in [5.41, 5.74) is 5.36. The monoisotopic (exact) mass is 631 g/mol. The second-order valence-electron chi connectivity index (χ2n) is 10.5. The maximum absolute atomic E-state index is 14.4. The number of aromatic nitrogens is 1. The van der Waals surface area contributed by atoms with Crippen LogP contribution in [0.15, 0.2) is 59.6 Å². The van der Waals surface area contributed by atoms with Crippen molar-refractivity contribution in [3.05, 3.63) is 77.5 Å². The van der Waals surface area contributed by atoms with E-state index in [2.05, 4.69) is 15.2 Å². The zero-order valence-corrected chi connectivity index (χ0v) is 24.9. The number of urea groups is 1. The predicted octanol–water partition coefficient (Wildman–Crippen LogP) is 5.59. The normalized spacial score (nSPS) is 14.0. The van der Waals surface area contributed by atoms with Crippen molar-refractivity contribution >= 4 is 27.5 Å². The summed E-state index contributed by atoms with van der Waals surface area (Å²) < 4.78 is 57.3. The number of primary amides is 1. The third-order valence-electron chi connectivity index (χ3n) is 7.25. The van der Waals surface area contributed by atoms with E-state index < -0.39 is 39.0 Å². The van der Waals surface area contributed by atoms with Crippen molar-refractivity contribution in [1.29, 1.82) is 0 Å². The third-order valence-corrected chi connectivity index (χ3v) is 8.38. The minimum atomic E-state index is -3.29. The number of piperidine rings is 1. The molecule has 2 aromatic carbocycles. The summed E-state index contributed by atoms with van der Waals surface area (Å²) in [7, 11) is -3.29. The van der Waals surface area contributed by atoms with E-state index in [9.17, 15) is 26.8 Å². The van der Waals surface area contributed by atoms with Gasteiger partial charge >= 0.3 is 6.03 Å². The Morgan fingerprint density at radius 2 is 1.77 bits per heavy atom. The summed E-state index contributed by atoms with van der Waals surface area (Å²) in [6.07, 6.45) is 5.89. The number of sulfone groups is 1. The molecule has 0 spiro atoms. The number of nitrogens with zero attached hydrogens (tertiary/aromatic N) is 3. The quantitative estimate of drug-likeness (QED) is 0.282. The van der Waals surface area contributed by atoms with Crippen molar-refractivity contribution in [2.24, 2.45) is 5.73 Å². The molecule has 10 nitrogen and oxygen atoms in total. The van der Waals surface area contributed by atoms with Crippen molar-refractivity contribution in [2.75, 3.05) is 31.2 Å². The molecule has 0 radical (unpaired) electrons. The first-order valence-electron chi connectivity index (χ1n) is 14.0. The molecule has 13 heteroatoms. The SMILES string of the molecule is C.CCCCN(C(=O)Nc1cc(C(N)=O)c(F)cc1F)C1CCN(Cc2ccc(Oc3ccc(S(C)(=O)=O)cc3)nc2)CC1. The largest absolute Gasteiger partial charge is 0.439 e. The van der Waals surface area contributed by atoms with Crippen molar-refractivity contribution in [3.63, 3.8) is 0 Å². The van der Waals surface area contributed by atoms with E-state index >= 15 is 0 Å². The molecule has 3 amide bonds. The van der Waals surface area contributed by atoms with Gasteiger partial charge in [-0.3, -0.25) is 9.69 Å². The van der Waals surface area contributed by atoms with Crippen molar-refractivity contribution < 1.29 is 31.5 Å². The smallest absolute Gasteiger partial charge is 0.322 e. The molecule has 4 rings (SSSR count). The summed E-state index contributed by atoms with van der Waals surface area (Å²) in [4.78, 5) is 33.2. The van der Waals surface area contributed by atoms with Crippen LogP contribution in [0.1, 0.15) is 56.0 Å². The van der Waals surface area contributed by atoms with Crippen LogP contribution in [0.2, 0.25) is 0 Å². The Hall–Kier alpha value is -4.10. The molecule has 0 unspecified atom stereocenters. The van der Waals surface area contributed by atoms with E-state index in [0.717, 1.165) is 43.8 Å². The van der Waals surface area contributed by atoms with Gasteiger partial charge in [0.1, 0.15) is 17.4 Å². The molecular weight excluding hydrogens is 592 g/mol. The van der Waals surface area contributed by atoms with Gasteiger partial charge in [0, 0.05) is 56.8 Å². The molecule has 0 bridgehead atoms. The first kappa shape index (κ1) is 34.4. The standard InChI is InChI=1S/C30H35F2N5O5S.CH4/c1-3-4-13-37(30(39)35-27-16-24(29(33)38)25(31)17-26(27)32)21-11-14-36(15-12-21)19-20-5-10-28(34-18-20)42-22-6-8-23(9-7-22)43(2,40)41;/h5-10,16-18,21H,3-4,11-15,19H2,1-2H3,(H2,33,38)(H,35,39);1H4. The van der Waals surface area contributed by atoms with Gasteiger partial charge in [0.05, 0.1) is 16.1 Å². The lowest BCUT2D eigenvalue weighted by atomic mass is 10.0.